The average molecular weight is 236 g/mol. The van der Waals surface area contributed by atoms with Gasteiger partial charge in [0.05, 0.1) is 0 Å². The van der Waals surface area contributed by atoms with Crippen LogP contribution in [0.4, 0.5) is 0 Å². The van der Waals surface area contributed by atoms with Crippen LogP contribution in [0.2, 0.25) is 0 Å². The van der Waals surface area contributed by atoms with Crippen LogP contribution in [-0.4, -0.2) is 0 Å². The Bertz CT molecular complexity index is 553. The zero-order valence-corrected chi connectivity index (χ0v) is 10.7. The topological polar surface area (TPSA) is 3.88 Å². The molecule has 0 N–H and O–H groups in total. The molecule has 0 saturated heterocycles. The van der Waals surface area contributed by atoms with E-state index in [0.29, 0.717) is 0 Å². The Morgan fingerprint density at radius 1 is 1.11 bits per heavy atom. The van der Waals surface area contributed by atoms with Crippen LogP contribution in [0.15, 0.2) is 67.4 Å². The first kappa shape index (κ1) is 12.3. The number of nitrogens with zero attached hydrogens (tertiary/aromatic N) is 1. The summed E-state index contributed by atoms with van der Waals surface area (Å²) in [6.45, 7) is 6.76. The summed E-state index contributed by atoms with van der Waals surface area (Å²) < 4.78 is 2.18. The van der Waals surface area contributed by atoms with Crippen LogP contribution in [0.3, 0.4) is 0 Å². The summed E-state index contributed by atoms with van der Waals surface area (Å²) in [6.07, 6.45) is 6.19. The monoisotopic (exact) mass is 236 g/mol. The zero-order chi connectivity index (χ0) is 12.8. The van der Waals surface area contributed by atoms with Crippen molar-refractivity contribution in [1.82, 2.24) is 0 Å². The van der Waals surface area contributed by atoms with Crippen molar-refractivity contribution in [2.75, 3.05) is 0 Å². The predicted molar refractivity (Wildman–Crippen MR) is 76.8 cm³/mol. The molecule has 18 heavy (non-hydrogen) atoms. The lowest BCUT2D eigenvalue weighted by Gasteiger charge is -2.01. The van der Waals surface area contributed by atoms with E-state index in [1.54, 1.807) is 0 Å². The Hall–Kier alpha value is -2.15. The first-order valence-electron chi connectivity index (χ1n) is 6.14. The first-order chi connectivity index (χ1) is 8.81. The van der Waals surface area contributed by atoms with E-state index in [2.05, 4.69) is 66.7 Å². The Balaban J connectivity index is 2.35. The Morgan fingerprint density at radius 2 is 1.83 bits per heavy atom. The molecule has 1 aromatic heterocycles. The second-order valence-corrected chi connectivity index (χ2v) is 4.26. The maximum atomic E-state index is 3.79. The molecule has 0 fully saturated rings. The number of hydrogen-bond donors (Lipinski definition) is 0. The van der Waals surface area contributed by atoms with Gasteiger partial charge in [-0.25, -0.2) is 0 Å². The molecule has 0 unspecified atom stereocenters. The minimum absolute atomic E-state index is 0.828. The predicted octanol–water partition coefficient (Wildman–Crippen LogP) is 3.72. The molecule has 0 aliphatic rings. The van der Waals surface area contributed by atoms with Crippen LogP contribution >= 0.6 is 0 Å². The van der Waals surface area contributed by atoms with Crippen molar-refractivity contribution in [3.8, 4) is 0 Å². The first-order valence-corrected chi connectivity index (χ1v) is 6.14. The summed E-state index contributed by atoms with van der Waals surface area (Å²) in [4.78, 5) is 0. The van der Waals surface area contributed by atoms with E-state index >= 15 is 0 Å². The quantitative estimate of drug-likeness (QED) is 0.562. The zero-order valence-electron chi connectivity index (χ0n) is 10.7. The number of allylic oxidation sites excluding steroid dienone is 2. The van der Waals surface area contributed by atoms with Gasteiger partial charge in [-0.2, -0.15) is 4.57 Å². The van der Waals surface area contributed by atoms with Gasteiger partial charge in [-0.3, -0.25) is 0 Å². The van der Waals surface area contributed by atoms with Gasteiger partial charge >= 0.3 is 0 Å². The van der Waals surface area contributed by atoms with E-state index < -0.39 is 0 Å². The molecular weight excluding hydrogens is 218 g/mol. The van der Waals surface area contributed by atoms with Crippen molar-refractivity contribution >= 4 is 11.6 Å². The highest BCUT2D eigenvalue weighted by molar-refractivity contribution is 5.78. The summed E-state index contributed by atoms with van der Waals surface area (Å²) in [5.41, 5.74) is 3.71. The fourth-order valence-corrected chi connectivity index (χ4v) is 1.93. The van der Waals surface area contributed by atoms with Gasteiger partial charge in [0, 0.05) is 18.2 Å². The molecule has 2 aromatic rings. The van der Waals surface area contributed by atoms with Crippen LogP contribution in [0, 0.1) is 0 Å². The molecule has 0 aliphatic heterocycles. The standard InChI is InChI=1S/C17H18N/c1-3-12-18-13-8-7-11-17(18)14-15(2)16-9-5-4-6-10-16/h3-11,13-14H,1,12H2,2H3/q+1/b15-14-. The fourth-order valence-electron chi connectivity index (χ4n) is 1.93. The van der Waals surface area contributed by atoms with Gasteiger partial charge in [0.15, 0.2) is 12.7 Å². The highest BCUT2D eigenvalue weighted by atomic mass is 14.9. The lowest BCUT2D eigenvalue weighted by Crippen LogP contribution is -2.35. The third-order valence-corrected chi connectivity index (χ3v) is 2.90. The molecule has 0 bridgehead atoms. The van der Waals surface area contributed by atoms with Gasteiger partial charge in [-0.1, -0.05) is 36.9 Å². The number of pyridine rings is 1. The average Bonchev–Trinajstić information content (AvgIpc) is 2.42. The van der Waals surface area contributed by atoms with Crippen molar-refractivity contribution in [3.63, 3.8) is 0 Å². The second-order valence-electron chi connectivity index (χ2n) is 4.26. The van der Waals surface area contributed by atoms with Crippen LogP contribution in [0.5, 0.6) is 0 Å². The number of benzene rings is 1. The SMILES string of the molecule is C=CC[n+]1ccccc1/C=C(/C)c1ccccc1. The largest absolute Gasteiger partial charge is 0.205 e. The summed E-state index contributed by atoms with van der Waals surface area (Å²) >= 11 is 0. The smallest absolute Gasteiger partial charge is 0.195 e. The molecule has 1 nitrogen and oxygen atoms in total. The van der Waals surface area contributed by atoms with Crippen LogP contribution in [0.1, 0.15) is 18.2 Å². The Kier molecular flexibility index (Phi) is 4.08. The lowest BCUT2D eigenvalue weighted by molar-refractivity contribution is -0.688. The highest BCUT2D eigenvalue weighted by Gasteiger charge is 2.05. The Morgan fingerprint density at radius 3 is 2.56 bits per heavy atom. The van der Waals surface area contributed by atoms with Gasteiger partial charge in [0.25, 0.3) is 0 Å². The van der Waals surface area contributed by atoms with E-state index in [9.17, 15) is 0 Å². The number of rotatable bonds is 4. The van der Waals surface area contributed by atoms with Crippen LogP contribution < -0.4 is 4.57 Å². The molecule has 0 aliphatic carbocycles. The summed E-state index contributed by atoms with van der Waals surface area (Å²) in [6, 6.07) is 16.7. The molecule has 2 rings (SSSR count). The Labute approximate surface area is 109 Å². The van der Waals surface area contributed by atoms with Crippen molar-refractivity contribution in [2.24, 2.45) is 0 Å². The molecule has 0 atom stereocenters. The second kappa shape index (κ2) is 5.97. The van der Waals surface area contributed by atoms with Crippen LogP contribution in [-0.2, 0) is 6.54 Å². The third-order valence-electron chi connectivity index (χ3n) is 2.90. The number of hydrogen-bond acceptors (Lipinski definition) is 0. The molecule has 0 amide bonds. The molecular formula is C17H18N+. The van der Waals surface area contributed by atoms with Crippen molar-refractivity contribution in [3.05, 3.63) is 78.6 Å². The van der Waals surface area contributed by atoms with E-state index in [0.717, 1.165) is 6.54 Å². The van der Waals surface area contributed by atoms with Gasteiger partial charge < -0.3 is 0 Å². The summed E-state index contributed by atoms with van der Waals surface area (Å²) in [7, 11) is 0. The van der Waals surface area contributed by atoms with Gasteiger partial charge in [0.2, 0.25) is 5.69 Å². The summed E-state index contributed by atoms with van der Waals surface area (Å²) in [5.74, 6) is 0. The van der Waals surface area contributed by atoms with Crippen molar-refractivity contribution < 1.29 is 4.57 Å². The van der Waals surface area contributed by atoms with E-state index in [4.69, 9.17) is 0 Å². The van der Waals surface area contributed by atoms with Crippen LogP contribution in [0.25, 0.3) is 11.6 Å². The normalized spacial score (nSPS) is 11.3. The minimum atomic E-state index is 0.828. The molecule has 0 radical (unpaired) electrons. The maximum absolute atomic E-state index is 3.79. The fraction of sp³-hybridized carbons (Fsp3) is 0.118. The number of aromatic nitrogens is 1. The van der Waals surface area contributed by atoms with E-state index in [1.165, 1.54) is 16.8 Å². The molecule has 0 spiro atoms. The molecule has 1 heterocycles. The molecule has 0 saturated carbocycles. The van der Waals surface area contributed by atoms with Crippen molar-refractivity contribution in [2.45, 2.75) is 13.5 Å². The van der Waals surface area contributed by atoms with E-state index in [1.807, 2.05) is 18.2 Å². The highest BCUT2D eigenvalue weighted by Crippen LogP contribution is 2.15. The van der Waals surface area contributed by atoms with Gasteiger partial charge in [-0.15, -0.1) is 0 Å². The molecule has 90 valence electrons. The van der Waals surface area contributed by atoms with Gasteiger partial charge in [0.1, 0.15) is 0 Å². The minimum Gasteiger partial charge on any atom is -0.195 e. The maximum Gasteiger partial charge on any atom is 0.205 e. The third kappa shape index (κ3) is 2.95. The lowest BCUT2D eigenvalue weighted by atomic mass is 10.1. The molecule has 1 aromatic carbocycles. The molecule has 1 heteroatoms. The summed E-state index contributed by atoms with van der Waals surface area (Å²) in [5, 5.41) is 0. The van der Waals surface area contributed by atoms with E-state index in [-0.39, 0.29) is 0 Å². The van der Waals surface area contributed by atoms with Gasteiger partial charge in [-0.05, 0) is 30.2 Å². The van der Waals surface area contributed by atoms with Crippen molar-refractivity contribution in [1.29, 1.82) is 0 Å².